The molecule has 0 saturated heterocycles. The Balaban J connectivity index is 2.65. The van der Waals surface area contributed by atoms with Crippen LogP contribution in [0.15, 0.2) is 12.4 Å². The van der Waals surface area contributed by atoms with Crippen LogP contribution in [-0.4, -0.2) is 16.0 Å². The molecule has 0 bridgehead atoms. The molecule has 0 fully saturated rings. The number of nitrogens with one attached hydrogen (secondary N) is 2. The molecule has 5 nitrogen and oxygen atoms in total. The summed E-state index contributed by atoms with van der Waals surface area (Å²) in [4.78, 5) is 8.23. The van der Waals surface area contributed by atoms with Gasteiger partial charge in [0.15, 0.2) is 5.82 Å². The molecule has 0 spiro atoms. The van der Waals surface area contributed by atoms with Crippen LogP contribution in [0.5, 0.6) is 0 Å². The van der Waals surface area contributed by atoms with Gasteiger partial charge in [0, 0.05) is 6.04 Å². The van der Waals surface area contributed by atoms with E-state index in [0.717, 1.165) is 18.7 Å². The molecular formula is C9H17N5. The molecule has 1 heterocycles. The zero-order valence-electron chi connectivity index (χ0n) is 8.62. The van der Waals surface area contributed by atoms with Crippen molar-refractivity contribution in [1.82, 2.24) is 9.97 Å². The van der Waals surface area contributed by atoms with Crippen LogP contribution in [0.2, 0.25) is 0 Å². The zero-order chi connectivity index (χ0) is 10.4. The number of hydrogen-bond donors (Lipinski definition) is 3. The molecule has 0 aliphatic heterocycles. The predicted octanol–water partition coefficient (Wildman–Crippen LogP) is 1.36. The number of aromatic nitrogens is 2. The fourth-order valence-electron chi connectivity index (χ4n) is 1.21. The Morgan fingerprint density at radius 2 is 1.93 bits per heavy atom. The van der Waals surface area contributed by atoms with Crippen molar-refractivity contribution in [3.63, 3.8) is 0 Å². The fraction of sp³-hybridized carbons (Fsp3) is 0.556. The summed E-state index contributed by atoms with van der Waals surface area (Å²) in [5, 5.41) is 3.28. The van der Waals surface area contributed by atoms with Gasteiger partial charge in [0.1, 0.15) is 5.82 Å². The van der Waals surface area contributed by atoms with E-state index >= 15 is 0 Å². The Morgan fingerprint density at radius 3 is 2.50 bits per heavy atom. The fourth-order valence-corrected chi connectivity index (χ4v) is 1.21. The van der Waals surface area contributed by atoms with Gasteiger partial charge in [0.05, 0.1) is 12.4 Å². The lowest BCUT2D eigenvalue weighted by atomic mass is 10.2. The summed E-state index contributed by atoms with van der Waals surface area (Å²) in [7, 11) is 0. The van der Waals surface area contributed by atoms with Crippen LogP contribution in [-0.2, 0) is 0 Å². The second kappa shape index (κ2) is 5.39. The second-order valence-electron chi connectivity index (χ2n) is 3.09. The average molecular weight is 195 g/mol. The summed E-state index contributed by atoms with van der Waals surface area (Å²) in [5.74, 6) is 6.56. The number of nitrogens with zero attached hydrogens (tertiary/aromatic N) is 2. The SMILES string of the molecule is CCC(CC)Nc1cncc(NN)n1. The third kappa shape index (κ3) is 2.85. The van der Waals surface area contributed by atoms with Gasteiger partial charge in [-0.3, -0.25) is 4.98 Å². The average Bonchev–Trinajstić information content (AvgIpc) is 2.26. The second-order valence-corrected chi connectivity index (χ2v) is 3.09. The Morgan fingerprint density at radius 1 is 1.29 bits per heavy atom. The first-order chi connectivity index (χ1) is 6.80. The van der Waals surface area contributed by atoms with Crippen LogP contribution in [0.1, 0.15) is 26.7 Å². The van der Waals surface area contributed by atoms with E-state index in [-0.39, 0.29) is 0 Å². The van der Waals surface area contributed by atoms with Gasteiger partial charge in [0.25, 0.3) is 0 Å². The minimum absolute atomic E-state index is 0.442. The highest BCUT2D eigenvalue weighted by Crippen LogP contribution is 2.09. The van der Waals surface area contributed by atoms with E-state index in [2.05, 4.69) is 34.6 Å². The minimum Gasteiger partial charge on any atom is -0.366 e. The van der Waals surface area contributed by atoms with Crippen molar-refractivity contribution in [3.8, 4) is 0 Å². The van der Waals surface area contributed by atoms with Crippen LogP contribution in [0.25, 0.3) is 0 Å². The third-order valence-corrected chi connectivity index (χ3v) is 2.12. The van der Waals surface area contributed by atoms with E-state index in [0.29, 0.717) is 11.9 Å². The van der Waals surface area contributed by atoms with Gasteiger partial charge in [-0.1, -0.05) is 13.8 Å². The molecule has 1 aromatic heterocycles. The quantitative estimate of drug-likeness (QED) is 0.488. The van der Waals surface area contributed by atoms with Crippen LogP contribution < -0.4 is 16.6 Å². The molecule has 0 aliphatic rings. The molecule has 0 aliphatic carbocycles. The van der Waals surface area contributed by atoms with Gasteiger partial charge < -0.3 is 10.7 Å². The topological polar surface area (TPSA) is 75.9 Å². The normalized spacial score (nSPS) is 10.3. The standard InChI is InChI=1S/C9H17N5/c1-3-7(4-2)12-8-5-11-6-9(13-8)14-10/h5-7H,3-4,10H2,1-2H3,(H2,12,13,14). The monoisotopic (exact) mass is 195 g/mol. The first kappa shape index (κ1) is 10.7. The number of hydrogen-bond acceptors (Lipinski definition) is 5. The molecule has 14 heavy (non-hydrogen) atoms. The van der Waals surface area contributed by atoms with Crippen molar-refractivity contribution in [3.05, 3.63) is 12.4 Å². The molecule has 1 aromatic rings. The molecule has 4 N–H and O–H groups in total. The molecule has 0 radical (unpaired) electrons. The van der Waals surface area contributed by atoms with Crippen LogP contribution in [0, 0.1) is 0 Å². The van der Waals surface area contributed by atoms with Gasteiger partial charge in [-0.15, -0.1) is 0 Å². The summed E-state index contributed by atoms with van der Waals surface area (Å²) < 4.78 is 0. The van der Waals surface area contributed by atoms with E-state index < -0.39 is 0 Å². The molecule has 0 atom stereocenters. The lowest BCUT2D eigenvalue weighted by Crippen LogP contribution is -2.18. The Labute approximate surface area is 84.1 Å². The third-order valence-electron chi connectivity index (χ3n) is 2.12. The maximum absolute atomic E-state index is 5.23. The summed E-state index contributed by atoms with van der Waals surface area (Å²) in [6.45, 7) is 4.28. The predicted molar refractivity (Wildman–Crippen MR) is 57.8 cm³/mol. The largest absolute Gasteiger partial charge is 0.366 e. The summed E-state index contributed by atoms with van der Waals surface area (Å²) in [6, 6.07) is 0.442. The number of nitrogen functional groups attached to an aromatic ring is 1. The number of rotatable bonds is 5. The molecule has 0 unspecified atom stereocenters. The van der Waals surface area contributed by atoms with Gasteiger partial charge >= 0.3 is 0 Å². The van der Waals surface area contributed by atoms with Crippen LogP contribution in [0.4, 0.5) is 11.6 Å². The number of anilines is 2. The van der Waals surface area contributed by atoms with E-state index in [1.807, 2.05) is 0 Å². The first-order valence-electron chi connectivity index (χ1n) is 4.85. The van der Waals surface area contributed by atoms with Crippen molar-refractivity contribution in [2.75, 3.05) is 10.7 Å². The van der Waals surface area contributed by atoms with Crippen molar-refractivity contribution >= 4 is 11.6 Å². The summed E-state index contributed by atoms with van der Waals surface area (Å²) >= 11 is 0. The van der Waals surface area contributed by atoms with E-state index in [1.54, 1.807) is 12.4 Å². The minimum atomic E-state index is 0.442. The van der Waals surface area contributed by atoms with Crippen LogP contribution in [0.3, 0.4) is 0 Å². The maximum atomic E-state index is 5.23. The Bertz CT molecular complexity index is 272. The van der Waals surface area contributed by atoms with E-state index in [4.69, 9.17) is 5.84 Å². The number of hydrazine groups is 1. The Kier molecular flexibility index (Phi) is 4.12. The highest BCUT2D eigenvalue weighted by Gasteiger charge is 2.04. The van der Waals surface area contributed by atoms with Crippen molar-refractivity contribution in [1.29, 1.82) is 0 Å². The zero-order valence-corrected chi connectivity index (χ0v) is 8.62. The molecule has 5 heteroatoms. The number of nitrogens with two attached hydrogens (primary N) is 1. The van der Waals surface area contributed by atoms with E-state index in [9.17, 15) is 0 Å². The summed E-state index contributed by atoms with van der Waals surface area (Å²) in [6.07, 6.45) is 5.41. The Hall–Kier alpha value is -1.36. The highest BCUT2D eigenvalue weighted by atomic mass is 15.3. The molecule has 0 aromatic carbocycles. The van der Waals surface area contributed by atoms with Gasteiger partial charge in [-0.05, 0) is 12.8 Å². The lowest BCUT2D eigenvalue weighted by molar-refractivity contribution is 0.668. The lowest BCUT2D eigenvalue weighted by Gasteiger charge is -2.15. The van der Waals surface area contributed by atoms with E-state index in [1.165, 1.54) is 0 Å². The van der Waals surface area contributed by atoms with Crippen molar-refractivity contribution in [2.24, 2.45) is 5.84 Å². The summed E-state index contributed by atoms with van der Waals surface area (Å²) in [5.41, 5.74) is 2.46. The van der Waals surface area contributed by atoms with Crippen molar-refractivity contribution < 1.29 is 0 Å². The van der Waals surface area contributed by atoms with Crippen LogP contribution >= 0.6 is 0 Å². The molecule has 0 saturated carbocycles. The van der Waals surface area contributed by atoms with Gasteiger partial charge in [0.2, 0.25) is 0 Å². The van der Waals surface area contributed by atoms with Crippen molar-refractivity contribution in [2.45, 2.75) is 32.7 Å². The molecule has 1 rings (SSSR count). The smallest absolute Gasteiger partial charge is 0.160 e. The maximum Gasteiger partial charge on any atom is 0.160 e. The highest BCUT2D eigenvalue weighted by molar-refractivity contribution is 5.41. The molecule has 0 amide bonds. The van der Waals surface area contributed by atoms with Gasteiger partial charge in [-0.25, -0.2) is 10.8 Å². The van der Waals surface area contributed by atoms with Gasteiger partial charge in [-0.2, -0.15) is 0 Å². The first-order valence-corrected chi connectivity index (χ1v) is 4.85. The molecule has 78 valence electrons. The molecular weight excluding hydrogens is 178 g/mol.